The van der Waals surface area contributed by atoms with Crippen molar-refractivity contribution in [1.29, 1.82) is 0 Å². The molecule has 0 spiro atoms. The Balaban J connectivity index is 1.86. The predicted octanol–water partition coefficient (Wildman–Crippen LogP) is 2.08. The number of nitrogens with zero attached hydrogens (tertiary/aromatic N) is 4. The van der Waals surface area contributed by atoms with Crippen LogP contribution in [0.15, 0.2) is 24.5 Å². The SMILES string of the molecule is COC(=O)c1cc(-c2cnn3cc(OC)c(C4(F)CCNCC4)cc23)nn1C. The second-order valence-corrected chi connectivity index (χ2v) is 6.89. The summed E-state index contributed by atoms with van der Waals surface area (Å²) in [6.07, 6.45) is 4.08. The summed E-state index contributed by atoms with van der Waals surface area (Å²) < 4.78 is 29.0. The molecule has 0 bridgehead atoms. The number of rotatable bonds is 4. The number of esters is 1. The van der Waals surface area contributed by atoms with Crippen LogP contribution in [-0.4, -0.2) is 52.7 Å². The number of ether oxygens (including phenoxy) is 2. The van der Waals surface area contributed by atoms with Gasteiger partial charge in [-0.1, -0.05) is 0 Å². The van der Waals surface area contributed by atoms with Gasteiger partial charge in [-0.25, -0.2) is 13.7 Å². The van der Waals surface area contributed by atoms with Crippen LogP contribution in [0, 0.1) is 0 Å². The molecule has 0 atom stereocenters. The van der Waals surface area contributed by atoms with E-state index in [2.05, 4.69) is 15.5 Å². The summed E-state index contributed by atoms with van der Waals surface area (Å²) in [6, 6.07) is 3.42. The van der Waals surface area contributed by atoms with Crippen LogP contribution in [0.2, 0.25) is 0 Å². The normalized spacial score (nSPS) is 16.3. The average Bonchev–Trinajstić information content (AvgIpc) is 3.29. The Labute approximate surface area is 161 Å². The Bertz CT molecular complexity index is 1040. The zero-order valence-electron chi connectivity index (χ0n) is 16.0. The molecule has 1 saturated heterocycles. The molecule has 0 amide bonds. The van der Waals surface area contributed by atoms with Crippen LogP contribution < -0.4 is 10.1 Å². The molecule has 28 heavy (non-hydrogen) atoms. The van der Waals surface area contributed by atoms with E-state index in [-0.39, 0.29) is 0 Å². The van der Waals surface area contributed by atoms with Gasteiger partial charge < -0.3 is 14.8 Å². The molecular formula is C19H22FN5O3. The van der Waals surface area contributed by atoms with E-state index in [0.717, 1.165) is 0 Å². The number of aryl methyl sites for hydroxylation is 1. The van der Waals surface area contributed by atoms with Gasteiger partial charge in [-0.3, -0.25) is 4.68 Å². The first-order valence-corrected chi connectivity index (χ1v) is 9.05. The highest BCUT2D eigenvalue weighted by Gasteiger charge is 2.37. The second-order valence-electron chi connectivity index (χ2n) is 6.89. The molecule has 148 valence electrons. The van der Waals surface area contributed by atoms with Gasteiger partial charge in [-0.15, -0.1) is 0 Å². The summed E-state index contributed by atoms with van der Waals surface area (Å²) in [6.45, 7) is 1.22. The number of aromatic nitrogens is 4. The van der Waals surface area contributed by atoms with E-state index in [9.17, 15) is 4.79 Å². The van der Waals surface area contributed by atoms with Crippen molar-refractivity contribution in [2.75, 3.05) is 27.3 Å². The number of carbonyl (C=O) groups excluding carboxylic acids is 1. The monoisotopic (exact) mass is 387 g/mol. The van der Waals surface area contributed by atoms with Gasteiger partial charge in [0.25, 0.3) is 0 Å². The number of alkyl halides is 1. The Morgan fingerprint density at radius 3 is 2.71 bits per heavy atom. The Morgan fingerprint density at radius 2 is 2.04 bits per heavy atom. The first kappa shape index (κ1) is 18.4. The van der Waals surface area contributed by atoms with Crippen LogP contribution in [0.3, 0.4) is 0 Å². The summed E-state index contributed by atoms with van der Waals surface area (Å²) >= 11 is 0. The Kier molecular flexibility index (Phi) is 4.54. The molecular weight excluding hydrogens is 365 g/mol. The molecule has 0 radical (unpaired) electrons. The largest absolute Gasteiger partial charge is 0.495 e. The summed E-state index contributed by atoms with van der Waals surface area (Å²) in [4.78, 5) is 11.9. The molecule has 1 fully saturated rings. The number of fused-ring (bicyclic) bond motifs is 1. The molecule has 3 aromatic heterocycles. The van der Waals surface area contributed by atoms with Gasteiger partial charge >= 0.3 is 5.97 Å². The zero-order chi connectivity index (χ0) is 19.9. The fourth-order valence-electron chi connectivity index (χ4n) is 3.70. The Morgan fingerprint density at radius 1 is 1.29 bits per heavy atom. The van der Waals surface area contributed by atoms with E-state index in [1.54, 1.807) is 36.1 Å². The minimum atomic E-state index is -1.47. The maximum atomic E-state index is 15.7. The maximum Gasteiger partial charge on any atom is 0.356 e. The van der Waals surface area contributed by atoms with E-state index in [0.29, 0.717) is 59.7 Å². The number of hydrogen-bond donors (Lipinski definition) is 1. The van der Waals surface area contributed by atoms with Crippen molar-refractivity contribution in [2.45, 2.75) is 18.5 Å². The van der Waals surface area contributed by atoms with E-state index >= 15 is 4.39 Å². The molecule has 8 nitrogen and oxygen atoms in total. The van der Waals surface area contributed by atoms with E-state index in [1.807, 2.05) is 0 Å². The lowest BCUT2D eigenvalue weighted by atomic mass is 9.86. The van der Waals surface area contributed by atoms with Crippen LogP contribution >= 0.6 is 0 Å². The van der Waals surface area contributed by atoms with Gasteiger partial charge in [-0.05, 0) is 38.1 Å². The lowest BCUT2D eigenvalue weighted by Crippen LogP contribution is -2.37. The highest BCUT2D eigenvalue weighted by atomic mass is 19.1. The third-order valence-corrected chi connectivity index (χ3v) is 5.27. The number of piperidine rings is 1. The van der Waals surface area contributed by atoms with Crippen molar-refractivity contribution in [3.05, 3.63) is 35.8 Å². The predicted molar refractivity (Wildman–Crippen MR) is 100 cm³/mol. The quantitative estimate of drug-likeness (QED) is 0.690. The highest BCUT2D eigenvalue weighted by molar-refractivity contribution is 5.90. The molecule has 3 aromatic rings. The molecule has 0 aromatic carbocycles. The second kappa shape index (κ2) is 6.90. The zero-order valence-corrected chi connectivity index (χ0v) is 16.0. The topological polar surface area (TPSA) is 82.7 Å². The van der Waals surface area contributed by atoms with Crippen molar-refractivity contribution < 1.29 is 18.7 Å². The molecule has 0 saturated carbocycles. The summed E-state index contributed by atoms with van der Waals surface area (Å²) in [5.74, 6) is -0.0136. The molecule has 4 rings (SSSR count). The van der Waals surface area contributed by atoms with Crippen molar-refractivity contribution in [2.24, 2.45) is 7.05 Å². The molecule has 4 heterocycles. The van der Waals surface area contributed by atoms with Gasteiger partial charge in [0.05, 0.1) is 37.8 Å². The van der Waals surface area contributed by atoms with Crippen molar-refractivity contribution in [3.63, 3.8) is 0 Å². The number of pyridine rings is 1. The molecule has 0 aliphatic carbocycles. The number of carbonyl (C=O) groups is 1. The van der Waals surface area contributed by atoms with Crippen molar-refractivity contribution in [1.82, 2.24) is 24.7 Å². The molecule has 9 heteroatoms. The number of methoxy groups -OCH3 is 2. The van der Waals surface area contributed by atoms with Crippen LogP contribution in [0.25, 0.3) is 16.8 Å². The number of halogens is 1. The van der Waals surface area contributed by atoms with Crippen LogP contribution in [-0.2, 0) is 17.5 Å². The summed E-state index contributed by atoms with van der Waals surface area (Å²) in [5.41, 5.74) is 1.32. The van der Waals surface area contributed by atoms with Crippen molar-refractivity contribution >= 4 is 11.5 Å². The van der Waals surface area contributed by atoms with Crippen molar-refractivity contribution in [3.8, 4) is 17.0 Å². The fraction of sp³-hybridized carbons (Fsp3) is 0.421. The van der Waals surface area contributed by atoms with Gasteiger partial charge in [0, 0.05) is 18.2 Å². The number of nitrogens with one attached hydrogen (secondary N) is 1. The van der Waals surface area contributed by atoms with E-state index in [1.165, 1.54) is 18.9 Å². The smallest absolute Gasteiger partial charge is 0.356 e. The first-order chi connectivity index (χ1) is 13.5. The minimum absolute atomic E-state index is 0.325. The van der Waals surface area contributed by atoms with Gasteiger partial charge in [0.15, 0.2) is 0 Å². The van der Waals surface area contributed by atoms with E-state index < -0.39 is 11.6 Å². The van der Waals surface area contributed by atoms with Crippen LogP contribution in [0.4, 0.5) is 4.39 Å². The van der Waals surface area contributed by atoms with Gasteiger partial charge in [-0.2, -0.15) is 10.2 Å². The highest BCUT2D eigenvalue weighted by Crippen LogP contribution is 2.41. The fourth-order valence-corrected chi connectivity index (χ4v) is 3.70. The minimum Gasteiger partial charge on any atom is -0.495 e. The lowest BCUT2D eigenvalue weighted by molar-refractivity contribution is 0.0588. The van der Waals surface area contributed by atoms with Crippen LogP contribution in [0.5, 0.6) is 5.75 Å². The number of hydrogen-bond acceptors (Lipinski definition) is 6. The third kappa shape index (κ3) is 2.91. The molecule has 1 aliphatic rings. The first-order valence-electron chi connectivity index (χ1n) is 9.05. The lowest BCUT2D eigenvalue weighted by Gasteiger charge is -2.31. The molecule has 1 aliphatic heterocycles. The van der Waals surface area contributed by atoms with Gasteiger partial charge in [0.1, 0.15) is 17.1 Å². The standard InChI is InChI=1S/C19H22FN5O3/c1-24-16(18(26)28-3)9-14(23-24)12-10-22-25-11-17(27-2)13(8-15(12)25)19(20)4-6-21-7-5-19/h8-11,21H,4-7H2,1-3H3. The van der Waals surface area contributed by atoms with E-state index in [4.69, 9.17) is 9.47 Å². The average molecular weight is 387 g/mol. The van der Waals surface area contributed by atoms with Gasteiger partial charge in [0.2, 0.25) is 0 Å². The van der Waals surface area contributed by atoms with Crippen LogP contribution in [0.1, 0.15) is 28.9 Å². The third-order valence-electron chi connectivity index (χ3n) is 5.27. The Hall–Kier alpha value is -2.94. The molecule has 0 unspecified atom stereocenters. The summed E-state index contributed by atoms with van der Waals surface area (Å²) in [7, 11) is 4.52. The summed E-state index contributed by atoms with van der Waals surface area (Å²) in [5, 5.41) is 11.9. The molecule has 1 N–H and O–H groups in total. The maximum absolute atomic E-state index is 15.7.